The highest BCUT2D eigenvalue weighted by Crippen LogP contribution is 2.27. The molecule has 18 heavy (non-hydrogen) atoms. The lowest BCUT2D eigenvalue weighted by atomic mass is 10.3. The molecule has 3 aromatic heterocycles. The minimum atomic E-state index is 0.154. The molecular formula is C12H12N4S2. The summed E-state index contributed by atoms with van der Waals surface area (Å²) in [5.74, 6) is 0.876. The summed E-state index contributed by atoms with van der Waals surface area (Å²) in [6, 6.07) is 2.20. The van der Waals surface area contributed by atoms with E-state index in [1.165, 1.54) is 0 Å². The van der Waals surface area contributed by atoms with Crippen LogP contribution in [0.25, 0.3) is 10.2 Å². The van der Waals surface area contributed by atoms with Gasteiger partial charge in [0.25, 0.3) is 0 Å². The van der Waals surface area contributed by atoms with Gasteiger partial charge in [-0.25, -0.2) is 15.0 Å². The van der Waals surface area contributed by atoms with Crippen LogP contribution in [0, 0.1) is 6.92 Å². The molecule has 92 valence electrons. The van der Waals surface area contributed by atoms with Crippen molar-refractivity contribution in [2.45, 2.75) is 19.9 Å². The highest BCUT2D eigenvalue weighted by molar-refractivity contribution is 7.16. The summed E-state index contributed by atoms with van der Waals surface area (Å²) in [5.41, 5.74) is 1.06. The van der Waals surface area contributed by atoms with Gasteiger partial charge in [-0.15, -0.1) is 22.7 Å². The van der Waals surface area contributed by atoms with E-state index in [9.17, 15) is 0 Å². The van der Waals surface area contributed by atoms with E-state index < -0.39 is 0 Å². The molecule has 1 atom stereocenters. The van der Waals surface area contributed by atoms with Gasteiger partial charge in [0.1, 0.15) is 22.0 Å². The topological polar surface area (TPSA) is 50.7 Å². The maximum absolute atomic E-state index is 4.49. The third kappa shape index (κ3) is 2.09. The highest BCUT2D eigenvalue weighted by atomic mass is 32.1. The zero-order chi connectivity index (χ0) is 12.5. The lowest BCUT2D eigenvalue weighted by molar-refractivity contribution is 0.857. The summed E-state index contributed by atoms with van der Waals surface area (Å²) in [5, 5.41) is 9.65. The van der Waals surface area contributed by atoms with Gasteiger partial charge in [-0.2, -0.15) is 0 Å². The second-order valence-corrected chi connectivity index (χ2v) is 5.84. The Morgan fingerprint density at radius 1 is 1.28 bits per heavy atom. The van der Waals surface area contributed by atoms with Crippen LogP contribution in [-0.2, 0) is 0 Å². The van der Waals surface area contributed by atoms with Gasteiger partial charge in [0.15, 0.2) is 0 Å². The number of thiazole rings is 1. The largest absolute Gasteiger partial charge is 0.360 e. The normalized spacial score (nSPS) is 12.8. The highest BCUT2D eigenvalue weighted by Gasteiger charge is 2.12. The summed E-state index contributed by atoms with van der Waals surface area (Å²) in [6.45, 7) is 4.10. The number of nitrogens with one attached hydrogen (secondary N) is 1. The van der Waals surface area contributed by atoms with Gasteiger partial charge in [-0.1, -0.05) is 0 Å². The molecule has 0 saturated heterocycles. The first kappa shape index (κ1) is 11.6. The number of aromatic nitrogens is 3. The number of anilines is 1. The number of thiophene rings is 1. The Balaban J connectivity index is 1.90. The van der Waals surface area contributed by atoms with Gasteiger partial charge in [-0.05, 0) is 25.3 Å². The van der Waals surface area contributed by atoms with Gasteiger partial charge in [0.2, 0.25) is 0 Å². The van der Waals surface area contributed by atoms with E-state index in [2.05, 4.69) is 32.6 Å². The van der Waals surface area contributed by atoms with Gasteiger partial charge in [0, 0.05) is 11.1 Å². The van der Waals surface area contributed by atoms with Crippen LogP contribution in [0.2, 0.25) is 0 Å². The fourth-order valence-electron chi connectivity index (χ4n) is 1.74. The quantitative estimate of drug-likeness (QED) is 0.793. The van der Waals surface area contributed by atoms with E-state index in [0.29, 0.717) is 0 Å². The molecule has 0 aliphatic heterocycles. The zero-order valence-corrected chi connectivity index (χ0v) is 11.7. The number of nitrogens with zero attached hydrogens (tertiary/aromatic N) is 3. The predicted molar refractivity (Wildman–Crippen MR) is 76.3 cm³/mol. The van der Waals surface area contributed by atoms with Crippen LogP contribution in [0.1, 0.15) is 23.7 Å². The molecule has 0 fully saturated rings. The van der Waals surface area contributed by atoms with Crippen molar-refractivity contribution in [3.63, 3.8) is 0 Å². The summed E-state index contributed by atoms with van der Waals surface area (Å²) >= 11 is 3.29. The van der Waals surface area contributed by atoms with E-state index in [-0.39, 0.29) is 6.04 Å². The molecule has 1 N–H and O–H groups in total. The first-order valence-corrected chi connectivity index (χ1v) is 7.37. The number of aryl methyl sites for hydroxylation is 1. The number of hydrogen-bond acceptors (Lipinski definition) is 6. The van der Waals surface area contributed by atoms with Crippen molar-refractivity contribution in [1.29, 1.82) is 0 Å². The molecule has 4 nitrogen and oxygen atoms in total. The van der Waals surface area contributed by atoms with Gasteiger partial charge in [0.05, 0.1) is 11.4 Å². The Bertz CT molecular complexity index is 673. The molecule has 0 saturated carbocycles. The molecule has 0 unspecified atom stereocenters. The van der Waals surface area contributed by atoms with Crippen molar-refractivity contribution < 1.29 is 0 Å². The van der Waals surface area contributed by atoms with Crippen molar-refractivity contribution >= 4 is 38.7 Å². The molecule has 6 heteroatoms. The Hall–Kier alpha value is -1.53. The second-order valence-electron chi connectivity index (χ2n) is 4.05. The van der Waals surface area contributed by atoms with Crippen LogP contribution in [0.3, 0.4) is 0 Å². The van der Waals surface area contributed by atoms with Crippen molar-refractivity contribution in [2.75, 3.05) is 5.32 Å². The Kier molecular flexibility index (Phi) is 2.97. The van der Waals surface area contributed by atoms with Crippen molar-refractivity contribution in [3.05, 3.63) is 33.9 Å². The van der Waals surface area contributed by atoms with Crippen LogP contribution in [0.5, 0.6) is 0 Å². The first-order valence-electron chi connectivity index (χ1n) is 5.61. The maximum Gasteiger partial charge on any atom is 0.138 e. The van der Waals surface area contributed by atoms with E-state index in [4.69, 9.17) is 0 Å². The molecule has 3 heterocycles. The zero-order valence-electron chi connectivity index (χ0n) is 10.0. The standard InChI is InChI=1S/C12H12N4S2/c1-7-5-18-11(15-7)8(2)16-10-9-3-4-17-12(9)14-6-13-10/h3-6,8H,1-2H3,(H,13,14,16)/t8-/m1/s1. The molecule has 0 spiro atoms. The smallest absolute Gasteiger partial charge is 0.138 e. The van der Waals surface area contributed by atoms with Crippen molar-refractivity contribution in [1.82, 2.24) is 15.0 Å². The summed E-state index contributed by atoms with van der Waals surface area (Å²) < 4.78 is 0. The second kappa shape index (κ2) is 4.62. The average molecular weight is 276 g/mol. The average Bonchev–Trinajstić information content (AvgIpc) is 2.97. The van der Waals surface area contributed by atoms with Crippen LogP contribution < -0.4 is 5.32 Å². The van der Waals surface area contributed by atoms with Crippen LogP contribution in [-0.4, -0.2) is 15.0 Å². The Morgan fingerprint density at radius 3 is 2.94 bits per heavy atom. The third-order valence-corrected chi connectivity index (χ3v) is 4.59. The minimum Gasteiger partial charge on any atom is -0.360 e. The predicted octanol–water partition coefficient (Wildman–Crippen LogP) is 3.63. The van der Waals surface area contributed by atoms with E-state index in [1.54, 1.807) is 29.0 Å². The molecule has 3 rings (SSSR count). The van der Waals surface area contributed by atoms with Gasteiger partial charge < -0.3 is 5.32 Å². The first-order chi connectivity index (χ1) is 8.74. The summed E-state index contributed by atoms with van der Waals surface area (Å²) in [6.07, 6.45) is 1.60. The van der Waals surface area contributed by atoms with Crippen LogP contribution in [0.4, 0.5) is 5.82 Å². The Labute approximate surface area is 113 Å². The fourth-order valence-corrected chi connectivity index (χ4v) is 3.28. The molecule has 0 aliphatic carbocycles. The van der Waals surface area contributed by atoms with Crippen molar-refractivity contribution in [3.8, 4) is 0 Å². The molecule has 0 bridgehead atoms. The lowest BCUT2D eigenvalue weighted by Crippen LogP contribution is -2.08. The van der Waals surface area contributed by atoms with Crippen LogP contribution in [0.15, 0.2) is 23.2 Å². The Morgan fingerprint density at radius 2 is 2.17 bits per heavy atom. The molecule has 0 amide bonds. The molecule has 0 radical (unpaired) electrons. The molecular weight excluding hydrogens is 264 g/mol. The number of hydrogen-bond donors (Lipinski definition) is 1. The monoisotopic (exact) mass is 276 g/mol. The van der Waals surface area contributed by atoms with E-state index in [0.717, 1.165) is 26.7 Å². The molecule has 0 aromatic carbocycles. The summed E-state index contributed by atoms with van der Waals surface area (Å²) in [7, 11) is 0. The summed E-state index contributed by atoms with van der Waals surface area (Å²) in [4.78, 5) is 14.1. The SMILES string of the molecule is Cc1csc([C@@H](C)Nc2ncnc3sccc23)n1. The lowest BCUT2D eigenvalue weighted by Gasteiger charge is -2.12. The molecule has 0 aliphatic rings. The molecule has 3 aromatic rings. The fraction of sp³-hybridized carbons (Fsp3) is 0.250. The number of fused-ring (bicyclic) bond motifs is 1. The third-order valence-electron chi connectivity index (χ3n) is 2.62. The van der Waals surface area contributed by atoms with E-state index in [1.807, 2.05) is 18.4 Å². The van der Waals surface area contributed by atoms with Crippen LogP contribution >= 0.6 is 22.7 Å². The minimum absolute atomic E-state index is 0.154. The van der Waals surface area contributed by atoms with Gasteiger partial charge in [-0.3, -0.25) is 0 Å². The van der Waals surface area contributed by atoms with E-state index >= 15 is 0 Å². The number of rotatable bonds is 3. The van der Waals surface area contributed by atoms with Gasteiger partial charge >= 0.3 is 0 Å². The van der Waals surface area contributed by atoms with Crippen molar-refractivity contribution in [2.24, 2.45) is 0 Å². The maximum atomic E-state index is 4.49.